The standard InChI is InChI=1S/C15H15N/c1-3-4-5-12-6-7-13-8-9-14(16)10-15(13)11(12)2/h3-10H,1,16H2,2H3/b5-4-. The van der Waals surface area contributed by atoms with Crippen LogP contribution in [0.5, 0.6) is 0 Å². The van der Waals surface area contributed by atoms with E-state index in [4.69, 9.17) is 5.73 Å². The lowest BCUT2D eigenvalue weighted by atomic mass is 9.99. The quantitative estimate of drug-likeness (QED) is 0.588. The first-order valence-electron chi connectivity index (χ1n) is 5.30. The summed E-state index contributed by atoms with van der Waals surface area (Å²) >= 11 is 0. The molecule has 0 aliphatic carbocycles. The maximum atomic E-state index is 5.81. The Balaban J connectivity index is 2.67. The molecule has 0 spiro atoms. The van der Waals surface area contributed by atoms with Gasteiger partial charge in [-0.2, -0.15) is 0 Å². The van der Waals surface area contributed by atoms with Crippen molar-refractivity contribution in [1.29, 1.82) is 0 Å². The molecule has 2 rings (SSSR count). The van der Waals surface area contributed by atoms with Crippen molar-refractivity contribution in [1.82, 2.24) is 0 Å². The van der Waals surface area contributed by atoms with Crippen LogP contribution >= 0.6 is 0 Å². The Kier molecular flexibility index (Phi) is 2.78. The molecule has 0 heterocycles. The van der Waals surface area contributed by atoms with E-state index in [1.165, 1.54) is 21.9 Å². The molecule has 16 heavy (non-hydrogen) atoms. The van der Waals surface area contributed by atoms with Crippen LogP contribution in [0.3, 0.4) is 0 Å². The molecule has 2 aromatic rings. The van der Waals surface area contributed by atoms with Crippen molar-refractivity contribution in [2.75, 3.05) is 5.73 Å². The minimum absolute atomic E-state index is 0.806. The highest BCUT2D eigenvalue weighted by molar-refractivity contribution is 5.90. The van der Waals surface area contributed by atoms with E-state index < -0.39 is 0 Å². The Morgan fingerprint density at radius 2 is 1.94 bits per heavy atom. The van der Waals surface area contributed by atoms with Crippen LogP contribution in [0.25, 0.3) is 16.8 Å². The van der Waals surface area contributed by atoms with Gasteiger partial charge in [0.1, 0.15) is 0 Å². The summed E-state index contributed by atoms with van der Waals surface area (Å²) in [6.07, 6.45) is 5.79. The van der Waals surface area contributed by atoms with Crippen molar-refractivity contribution in [3.05, 3.63) is 60.2 Å². The first kappa shape index (κ1) is 10.5. The smallest absolute Gasteiger partial charge is 0.0320 e. The zero-order chi connectivity index (χ0) is 11.5. The van der Waals surface area contributed by atoms with Crippen LogP contribution in [-0.4, -0.2) is 0 Å². The molecule has 0 radical (unpaired) electrons. The number of allylic oxidation sites excluding steroid dienone is 2. The van der Waals surface area contributed by atoms with Crippen molar-refractivity contribution in [2.45, 2.75) is 6.92 Å². The summed E-state index contributed by atoms with van der Waals surface area (Å²) in [4.78, 5) is 0. The number of fused-ring (bicyclic) bond motifs is 1. The fraction of sp³-hybridized carbons (Fsp3) is 0.0667. The van der Waals surface area contributed by atoms with Crippen LogP contribution in [0.15, 0.2) is 49.1 Å². The fourth-order valence-corrected chi connectivity index (χ4v) is 1.86. The predicted octanol–water partition coefficient (Wildman–Crippen LogP) is 3.93. The highest BCUT2D eigenvalue weighted by Crippen LogP contribution is 2.24. The van der Waals surface area contributed by atoms with E-state index in [1.54, 1.807) is 6.08 Å². The molecule has 0 saturated heterocycles. The van der Waals surface area contributed by atoms with Gasteiger partial charge >= 0.3 is 0 Å². The minimum Gasteiger partial charge on any atom is -0.399 e. The second-order valence-corrected chi connectivity index (χ2v) is 3.86. The van der Waals surface area contributed by atoms with Gasteiger partial charge in [0.25, 0.3) is 0 Å². The second kappa shape index (κ2) is 4.23. The first-order valence-corrected chi connectivity index (χ1v) is 5.30. The average Bonchev–Trinajstić information content (AvgIpc) is 2.29. The Hall–Kier alpha value is -2.02. The summed E-state index contributed by atoms with van der Waals surface area (Å²) in [5.41, 5.74) is 9.07. The SMILES string of the molecule is C=C/C=C\c1ccc2ccc(N)cc2c1C. The summed E-state index contributed by atoms with van der Waals surface area (Å²) < 4.78 is 0. The number of hydrogen-bond acceptors (Lipinski definition) is 1. The number of nitrogens with two attached hydrogens (primary N) is 1. The van der Waals surface area contributed by atoms with Gasteiger partial charge in [-0.1, -0.05) is 43.0 Å². The van der Waals surface area contributed by atoms with Crippen molar-refractivity contribution >= 4 is 22.5 Å². The predicted molar refractivity (Wildman–Crippen MR) is 72.3 cm³/mol. The van der Waals surface area contributed by atoms with Crippen molar-refractivity contribution < 1.29 is 0 Å². The summed E-state index contributed by atoms with van der Waals surface area (Å²) in [5, 5.41) is 2.44. The van der Waals surface area contributed by atoms with E-state index in [9.17, 15) is 0 Å². The highest BCUT2D eigenvalue weighted by Gasteiger charge is 2.01. The average molecular weight is 209 g/mol. The number of benzene rings is 2. The fourth-order valence-electron chi connectivity index (χ4n) is 1.86. The van der Waals surface area contributed by atoms with Crippen LogP contribution in [0.1, 0.15) is 11.1 Å². The molecule has 1 nitrogen and oxygen atoms in total. The second-order valence-electron chi connectivity index (χ2n) is 3.86. The molecule has 80 valence electrons. The van der Waals surface area contributed by atoms with Gasteiger partial charge in [-0.05, 0) is 41.0 Å². The zero-order valence-corrected chi connectivity index (χ0v) is 9.40. The third-order valence-electron chi connectivity index (χ3n) is 2.77. The topological polar surface area (TPSA) is 26.0 Å². The lowest BCUT2D eigenvalue weighted by Crippen LogP contribution is -1.88. The van der Waals surface area contributed by atoms with Gasteiger partial charge in [0.15, 0.2) is 0 Å². The molecular formula is C15H15N. The van der Waals surface area contributed by atoms with E-state index in [0.29, 0.717) is 0 Å². The largest absolute Gasteiger partial charge is 0.399 e. The van der Waals surface area contributed by atoms with E-state index in [1.807, 2.05) is 18.2 Å². The molecule has 0 amide bonds. The molecule has 0 bridgehead atoms. The van der Waals surface area contributed by atoms with Crippen LogP contribution < -0.4 is 5.73 Å². The van der Waals surface area contributed by atoms with Gasteiger partial charge in [0.05, 0.1) is 0 Å². The number of nitrogen functional groups attached to an aromatic ring is 1. The van der Waals surface area contributed by atoms with Gasteiger partial charge in [0, 0.05) is 5.69 Å². The Morgan fingerprint density at radius 1 is 1.19 bits per heavy atom. The van der Waals surface area contributed by atoms with Crippen LogP contribution in [0.4, 0.5) is 5.69 Å². The highest BCUT2D eigenvalue weighted by atomic mass is 14.5. The molecule has 0 atom stereocenters. The Labute approximate surface area is 95.9 Å². The molecular weight excluding hydrogens is 194 g/mol. The lowest BCUT2D eigenvalue weighted by Gasteiger charge is -2.06. The molecule has 2 N–H and O–H groups in total. The van der Waals surface area contributed by atoms with Crippen LogP contribution in [0, 0.1) is 6.92 Å². The third kappa shape index (κ3) is 1.84. The van der Waals surface area contributed by atoms with Gasteiger partial charge in [-0.15, -0.1) is 0 Å². The number of rotatable bonds is 2. The molecule has 0 aliphatic rings. The molecule has 2 aromatic carbocycles. The lowest BCUT2D eigenvalue weighted by molar-refractivity contribution is 1.50. The Bertz CT molecular complexity index is 565. The molecule has 0 unspecified atom stereocenters. The maximum absolute atomic E-state index is 5.81. The molecule has 0 fully saturated rings. The number of aryl methyl sites for hydroxylation is 1. The Morgan fingerprint density at radius 3 is 2.69 bits per heavy atom. The van der Waals surface area contributed by atoms with Gasteiger partial charge < -0.3 is 5.73 Å². The van der Waals surface area contributed by atoms with E-state index in [0.717, 1.165) is 5.69 Å². The van der Waals surface area contributed by atoms with E-state index in [-0.39, 0.29) is 0 Å². The van der Waals surface area contributed by atoms with Crippen molar-refractivity contribution in [3.8, 4) is 0 Å². The molecule has 0 saturated carbocycles. The number of anilines is 1. The summed E-state index contributed by atoms with van der Waals surface area (Å²) in [6.45, 7) is 5.79. The molecule has 0 aromatic heterocycles. The zero-order valence-electron chi connectivity index (χ0n) is 9.40. The van der Waals surface area contributed by atoms with Crippen molar-refractivity contribution in [3.63, 3.8) is 0 Å². The maximum Gasteiger partial charge on any atom is 0.0320 e. The van der Waals surface area contributed by atoms with Crippen LogP contribution in [-0.2, 0) is 0 Å². The van der Waals surface area contributed by atoms with Gasteiger partial charge in [0.2, 0.25) is 0 Å². The normalized spacial score (nSPS) is 11.1. The molecule has 1 heteroatoms. The number of hydrogen-bond donors (Lipinski definition) is 1. The van der Waals surface area contributed by atoms with Gasteiger partial charge in [-0.3, -0.25) is 0 Å². The van der Waals surface area contributed by atoms with Gasteiger partial charge in [-0.25, -0.2) is 0 Å². The summed E-state index contributed by atoms with van der Waals surface area (Å²) in [7, 11) is 0. The van der Waals surface area contributed by atoms with Crippen LogP contribution in [0.2, 0.25) is 0 Å². The first-order chi connectivity index (χ1) is 7.72. The van der Waals surface area contributed by atoms with E-state index >= 15 is 0 Å². The summed E-state index contributed by atoms with van der Waals surface area (Å²) in [5.74, 6) is 0. The van der Waals surface area contributed by atoms with E-state index in [2.05, 4.69) is 37.8 Å². The summed E-state index contributed by atoms with van der Waals surface area (Å²) in [6, 6.07) is 10.2. The third-order valence-corrected chi connectivity index (χ3v) is 2.77. The minimum atomic E-state index is 0.806. The monoisotopic (exact) mass is 209 g/mol. The van der Waals surface area contributed by atoms with Crippen molar-refractivity contribution in [2.24, 2.45) is 0 Å². The molecule has 0 aliphatic heterocycles.